The summed E-state index contributed by atoms with van der Waals surface area (Å²) in [6, 6.07) is 5.94. The molecule has 0 spiro atoms. The smallest absolute Gasteiger partial charge is 0.664 e. The van der Waals surface area contributed by atoms with Crippen molar-refractivity contribution in [3.8, 4) is 0 Å². The number of hydrogen-bond acceptors (Lipinski definition) is 2. The Morgan fingerprint density at radius 3 is 2.44 bits per heavy atom. The molecular formula is C28H24MgN4O3-2. The summed E-state index contributed by atoms with van der Waals surface area (Å²) in [5.41, 5.74) is 6.69. The summed E-state index contributed by atoms with van der Waals surface area (Å²) in [5.74, 6) is -2.91. The molecule has 2 aliphatic heterocycles. The maximum Gasteiger partial charge on any atom is 2.00 e. The maximum atomic E-state index is 13.4. The van der Waals surface area contributed by atoms with Crippen molar-refractivity contribution in [1.82, 2.24) is 15.0 Å². The molecular weight excluding hydrogens is 465 g/mol. The summed E-state index contributed by atoms with van der Waals surface area (Å²) in [6.07, 6.45) is 6.59. The van der Waals surface area contributed by atoms with E-state index in [1.54, 1.807) is 0 Å². The van der Waals surface area contributed by atoms with Gasteiger partial charge in [0.25, 0.3) is 0 Å². The number of ketones is 1. The van der Waals surface area contributed by atoms with Crippen molar-refractivity contribution in [1.29, 1.82) is 0 Å². The van der Waals surface area contributed by atoms with Gasteiger partial charge in [-0.3, -0.25) is 9.59 Å². The third kappa shape index (κ3) is 3.54. The SMILES string of the molecule is CCc1c/c2[n-]/c1=C\c1[n-]c3c(c1C)C(=O)[C@H](C(=O)O)/C3=C1/[N-]/C(=C\c3ccc([n-]3)\C=2)[C@@H](C)[C@@H]1C.[Mg+2]. The Morgan fingerprint density at radius 2 is 1.75 bits per heavy atom. The Labute approximate surface area is 224 Å². The van der Waals surface area contributed by atoms with Gasteiger partial charge in [0.05, 0.1) is 0 Å². The zero-order chi connectivity index (χ0) is 24.6. The topological polar surface area (TPSA) is 111 Å². The number of Topliss-reactive ketones (excluding diaryl/α,β-unsaturated/α-hetero) is 1. The Balaban J connectivity index is 0.00000267. The number of carbonyl (C=O) groups is 2. The number of aryl methyl sites for hydroxylation is 1. The number of carboxylic acid groups (broad SMARTS) is 1. The van der Waals surface area contributed by atoms with E-state index < -0.39 is 17.7 Å². The normalized spacial score (nSPS) is 27.3. The van der Waals surface area contributed by atoms with E-state index in [1.807, 2.05) is 50.3 Å². The van der Waals surface area contributed by atoms with Gasteiger partial charge in [-0.05, 0) is 25.2 Å². The quantitative estimate of drug-likeness (QED) is 0.438. The molecule has 0 radical (unpaired) electrons. The summed E-state index contributed by atoms with van der Waals surface area (Å²) in [7, 11) is 0. The fourth-order valence-electron chi connectivity index (χ4n) is 5.39. The van der Waals surface area contributed by atoms with Crippen molar-refractivity contribution >= 4 is 58.6 Å². The van der Waals surface area contributed by atoms with E-state index >= 15 is 0 Å². The van der Waals surface area contributed by atoms with E-state index in [0.717, 1.165) is 39.8 Å². The number of carboxylic acids is 1. The first-order chi connectivity index (χ1) is 16.8. The molecule has 3 aromatic heterocycles. The van der Waals surface area contributed by atoms with Crippen LogP contribution in [0.5, 0.6) is 0 Å². The van der Waals surface area contributed by atoms with Crippen molar-refractivity contribution in [2.45, 2.75) is 34.1 Å². The van der Waals surface area contributed by atoms with Gasteiger partial charge >= 0.3 is 29.0 Å². The summed E-state index contributed by atoms with van der Waals surface area (Å²) in [5, 5.41) is 16.5. The minimum atomic E-state index is -1.29. The summed E-state index contributed by atoms with van der Waals surface area (Å²) < 4.78 is 0. The molecule has 0 unspecified atom stereocenters. The molecule has 1 N–H and O–H groups in total. The molecule has 36 heavy (non-hydrogen) atoms. The molecule has 1 saturated heterocycles. The van der Waals surface area contributed by atoms with E-state index in [-0.39, 0.29) is 34.9 Å². The van der Waals surface area contributed by atoms with Gasteiger partial charge in [0, 0.05) is 5.56 Å². The van der Waals surface area contributed by atoms with Crippen molar-refractivity contribution in [3.05, 3.63) is 85.1 Å². The third-order valence-corrected chi connectivity index (χ3v) is 7.53. The van der Waals surface area contributed by atoms with Gasteiger partial charge in [-0.25, -0.2) is 0 Å². The zero-order valence-electron chi connectivity index (χ0n) is 20.7. The van der Waals surface area contributed by atoms with Crippen LogP contribution in [0, 0.1) is 24.7 Å². The van der Waals surface area contributed by atoms with E-state index in [9.17, 15) is 14.7 Å². The standard InChI is InChI=1S/C28H26N4O3.Mg/c1-5-15-8-18-9-16-6-7-17(29-16)10-19-12(2)13(3)25(31-19)23-24(28(34)35)27(33)22-14(4)20(32-26(22)23)11-21(15)30-18;/h6-13,24H,5H2,1-4H3,(H3,31,32,33,34,35);/q-2;+2/p-2/b18-9-,19-10-,21-11-;/t12-,13-,24+;/m0./s1. The van der Waals surface area contributed by atoms with Crippen molar-refractivity contribution < 1.29 is 14.7 Å². The van der Waals surface area contributed by atoms with Crippen molar-refractivity contribution in [3.63, 3.8) is 0 Å². The van der Waals surface area contributed by atoms with Crippen LogP contribution in [0.15, 0.2) is 29.6 Å². The molecule has 3 atom stereocenters. The number of hydrogen-bond donors (Lipinski definition) is 1. The van der Waals surface area contributed by atoms with E-state index in [4.69, 9.17) is 20.3 Å². The summed E-state index contributed by atoms with van der Waals surface area (Å²) in [6.45, 7) is 7.99. The van der Waals surface area contributed by atoms with E-state index in [2.05, 4.69) is 13.8 Å². The molecule has 3 aliphatic rings. The minimum absolute atomic E-state index is 0. The minimum Gasteiger partial charge on any atom is -0.664 e. The molecule has 6 rings (SSSR count). The monoisotopic (exact) mass is 488 g/mol. The van der Waals surface area contributed by atoms with Gasteiger partial charge in [-0.2, -0.15) is 11.4 Å². The number of carbonyl (C=O) groups excluding carboxylic acids is 1. The van der Waals surface area contributed by atoms with Crippen LogP contribution in [0.25, 0.3) is 29.1 Å². The van der Waals surface area contributed by atoms with Gasteiger partial charge in [0.1, 0.15) is 5.92 Å². The maximum absolute atomic E-state index is 13.4. The predicted octanol–water partition coefficient (Wildman–Crippen LogP) is 2.33. The van der Waals surface area contributed by atoms with E-state index in [0.29, 0.717) is 33.8 Å². The summed E-state index contributed by atoms with van der Waals surface area (Å²) in [4.78, 5) is 40.0. The van der Waals surface area contributed by atoms with Crippen LogP contribution >= 0.6 is 0 Å². The van der Waals surface area contributed by atoms with Crippen molar-refractivity contribution in [2.24, 2.45) is 17.8 Å². The van der Waals surface area contributed by atoms with Crippen LogP contribution in [-0.2, 0) is 11.2 Å². The predicted molar refractivity (Wildman–Crippen MR) is 138 cm³/mol. The van der Waals surface area contributed by atoms with E-state index in [1.165, 1.54) is 0 Å². The Hall–Kier alpha value is -3.23. The van der Waals surface area contributed by atoms with Crippen molar-refractivity contribution in [2.75, 3.05) is 0 Å². The van der Waals surface area contributed by atoms with Gasteiger partial charge < -0.3 is 25.4 Å². The molecule has 8 heteroatoms. The van der Waals surface area contributed by atoms with Crippen LogP contribution in [0.4, 0.5) is 0 Å². The molecule has 7 nitrogen and oxygen atoms in total. The van der Waals surface area contributed by atoms with Crippen LogP contribution in [0.1, 0.15) is 65.0 Å². The summed E-state index contributed by atoms with van der Waals surface area (Å²) >= 11 is 0. The number of aromatic nitrogens is 3. The molecule has 1 aliphatic carbocycles. The van der Waals surface area contributed by atoms with Crippen LogP contribution in [0.2, 0.25) is 0 Å². The first kappa shape index (κ1) is 24.5. The van der Waals surface area contributed by atoms with Crippen LogP contribution < -0.4 is 25.7 Å². The van der Waals surface area contributed by atoms with Gasteiger partial charge in [-0.15, -0.1) is 33.5 Å². The third-order valence-electron chi connectivity index (χ3n) is 7.53. The Bertz CT molecular complexity index is 1610. The number of aliphatic carboxylic acids is 1. The van der Waals surface area contributed by atoms with Crippen LogP contribution in [0.3, 0.4) is 0 Å². The fourth-order valence-corrected chi connectivity index (χ4v) is 5.39. The zero-order valence-corrected chi connectivity index (χ0v) is 22.1. The second-order valence-corrected chi connectivity index (χ2v) is 9.57. The fraction of sp³-hybridized carbons (Fsp3) is 0.286. The number of nitrogens with zero attached hydrogens (tertiary/aromatic N) is 4. The molecule has 178 valence electrons. The van der Waals surface area contributed by atoms with Crippen LogP contribution in [-0.4, -0.2) is 39.9 Å². The number of fused-ring (bicyclic) bond motifs is 7. The molecule has 0 amide bonds. The Kier molecular flexibility index (Phi) is 5.92. The van der Waals surface area contributed by atoms with Gasteiger partial charge in [-0.1, -0.05) is 73.9 Å². The molecule has 0 saturated carbocycles. The molecule has 0 aromatic carbocycles. The average Bonchev–Trinajstić information content (AvgIpc) is 3.59. The second kappa shape index (κ2) is 8.71. The molecule has 5 heterocycles. The van der Waals surface area contributed by atoms with Gasteiger partial charge in [0.2, 0.25) is 0 Å². The molecule has 3 aromatic rings. The average molecular weight is 489 g/mol. The molecule has 1 fully saturated rings. The second-order valence-electron chi connectivity index (χ2n) is 9.57. The largest absolute Gasteiger partial charge is 2.00 e. The first-order valence-electron chi connectivity index (χ1n) is 11.9. The molecule has 8 bridgehead atoms. The first-order valence-corrected chi connectivity index (χ1v) is 11.9. The Morgan fingerprint density at radius 1 is 1.03 bits per heavy atom. The number of rotatable bonds is 2. The number of allylic oxidation sites excluding steroid dienone is 2. The van der Waals surface area contributed by atoms with Gasteiger partial charge in [0.15, 0.2) is 5.78 Å².